The topological polar surface area (TPSA) is 29.3 Å². The normalized spacial score (nSPS) is 10.6. The van der Waals surface area contributed by atoms with Crippen LogP contribution in [0.1, 0.15) is 39.0 Å². The van der Waals surface area contributed by atoms with Gasteiger partial charge >= 0.3 is 0 Å². The number of rotatable bonds is 9. The molecule has 2 nitrogen and oxygen atoms in total. The Labute approximate surface area is 110 Å². The Balaban J connectivity index is 2.51. The summed E-state index contributed by atoms with van der Waals surface area (Å²) in [7, 11) is 0. The van der Waals surface area contributed by atoms with Gasteiger partial charge in [-0.3, -0.25) is 0 Å². The molecule has 1 rings (SSSR count). The van der Waals surface area contributed by atoms with Crippen LogP contribution in [0.5, 0.6) is 0 Å². The quantitative estimate of drug-likeness (QED) is 0.681. The summed E-state index contributed by atoms with van der Waals surface area (Å²) >= 11 is 0. The molecule has 0 spiro atoms. The summed E-state index contributed by atoms with van der Waals surface area (Å²) in [5.41, 5.74) is 6.67. The Bertz CT molecular complexity index is 311. The minimum absolute atomic E-state index is 0.177. The lowest BCUT2D eigenvalue weighted by Crippen LogP contribution is -2.27. The van der Waals surface area contributed by atoms with Gasteiger partial charge in [0.25, 0.3) is 0 Å². The van der Waals surface area contributed by atoms with Gasteiger partial charge < -0.3 is 10.6 Å². The summed E-state index contributed by atoms with van der Waals surface area (Å²) < 4.78 is 12.9. The van der Waals surface area contributed by atoms with E-state index in [1.165, 1.54) is 37.8 Å². The molecule has 2 N–H and O–H groups in total. The second-order valence-corrected chi connectivity index (χ2v) is 4.67. The van der Waals surface area contributed by atoms with Gasteiger partial charge in [0, 0.05) is 18.8 Å². The lowest BCUT2D eigenvalue weighted by atomic mass is 10.2. The summed E-state index contributed by atoms with van der Waals surface area (Å²) in [4.78, 5) is 2.31. The van der Waals surface area contributed by atoms with Crippen LogP contribution < -0.4 is 10.6 Å². The van der Waals surface area contributed by atoms with Crippen molar-refractivity contribution in [3.8, 4) is 0 Å². The first-order valence-electron chi connectivity index (χ1n) is 6.98. The molecule has 0 atom stereocenters. The Morgan fingerprint density at radius 1 is 1.00 bits per heavy atom. The highest BCUT2D eigenvalue weighted by atomic mass is 19.1. The minimum atomic E-state index is -0.177. The second-order valence-electron chi connectivity index (χ2n) is 4.67. The van der Waals surface area contributed by atoms with Gasteiger partial charge in [-0.2, -0.15) is 0 Å². The molecule has 0 unspecified atom stereocenters. The fraction of sp³-hybridized carbons (Fsp3) is 0.600. The zero-order valence-electron chi connectivity index (χ0n) is 11.4. The molecule has 0 fully saturated rings. The number of nitrogens with zero attached hydrogens (tertiary/aromatic N) is 1. The maximum atomic E-state index is 12.9. The van der Waals surface area contributed by atoms with Crippen LogP contribution in [0.15, 0.2) is 24.3 Å². The van der Waals surface area contributed by atoms with E-state index in [0.717, 1.165) is 25.2 Å². The van der Waals surface area contributed by atoms with Crippen molar-refractivity contribution in [2.45, 2.75) is 39.0 Å². The molecule has 1 aromatic rings. The molecule has 18 heavy (non-hydrogen) atoms. The van der Waals surface area contributed by atoms with Crippen LogP contribution in [-0.4, -0.2) is 19.6 Å². The fourth-order valence-corrected chi connectivity index (χ4v) is 2.03. The lowest BCUT2D eigenvalue weighted by molar-refractivity contribution is 0.622. The van der Waals surface area contributed by atoms with E-state index in [-0.39, 0.29) is 5.82 Å². The van der Waals surface area contributed by atoms with Crippen molar-refractivity contribution in [3.63, 3.8) is 0 Å². The molecular formula is C15H25FN2. The summed E-state index contributed by atoms with van der Waals surface area (Å²) in [6, 6.07) is 6.75. The standard InChI is InChI=1S/C15H25FN2/c1-2-3-4-5-12-18(13-6-11-17)15-9-7-14(16)8-10-15/h7-10H,2-6,11-13,17H2,1H3. The van der Waals surface area contributed by atoms with Gasteiger partial charge in [0.1, 0.15) is 5.82 Å². The molecule has 0 aliphatic heterocycles. The molecular weight excluding hydrogens is 227 g/mol. The van der Waals surface area contributed by atoms with Crippen LogP contribution in [-0.2, 0) is 0 Å². The van der Waals surface area contributed by atoms with Gasteiger partial charge in [-0.05, 0) is 43.7 Å². The van der Waals surface area contributed by atoms with Crippen molar-refractivity contribution in [1.82, 2.24) is 0 Å². The predicted molar refractivity (Wildman–Crippen MR) is 76.4 cm³/mol. The van der Waals surface area contributed by atoms with Gasteiger partial charge in [0.15, 0.2) is 0 Å². The fourth-order valence-electron chi connectivity index (χ4n) is 2.03. The molecule has 0 heterocycles. The zero-order chi connectivity index (χ0) is 13.2. The van der Waals surface area contributed by atoms with E-state index in [0.29, 0.717) is 6.54 Å². The molecule has 0 aliphatic carbocycles. The Morgan fingerprint density at radius 2 is 1.67 bits per heavy atom. The molecule has 0 amide bonds. The van der Waals surface area contributed by atoms with E-state index in [9.17, 15) is 4.39 Å². The first-order chi connectivity index (χ1) is 8.77. The molecule has 1 aromatic carbocycles. The van der Waals surface area contributed by atoms with Crippen molar-refractivity contribution >= 4 is 5.69 Å². The molecule has 0 radical (unpaired) electrons. The van der Waals surface area contributed by atoms with Gasteiger partial charge in [-0.25, -0.2) is 4.39 Å². The van der Waals surface area contributed by atoms with Crippen molar-refractivity contribution < 1.29 is 4.39 Å². The van der Waals surface area contributed by atoms with Gasteiger partial charge in [-0.15, -0.1) is 0 Å². The molecule has 3 heteroatoms. The first kappa shape index (κ1) is 15.0. The average Bonchev–Trinajstić information content (AvgIpc) is 2.39. The lowest BCUT2D eigenvalue weighted by Gasteiger charge is -2.24. The van der Waals surface area contributed by atoms with E-state index >= 15 is 0 Å². The van der Waals surface area contributed by atoms with Gasteiger partial charge in [0.2, 0.25) is 0 Å². The maximum absolute atomic E-state index is 12.9. The average molecular weight is 252 g/mol. The molecule has 102 valence electrons. The second kappa shape index (κ2) is 8.92. The number of hydrogen-bond donors (Lipinski definition) is 1. The van der Waals surface area contributed by atoms with E-state index < -0.39 is 0 Å². The summed E-state index contributed by atoms with van der Waals surface area (Å²) in [5.74, 6) is -0.177. The number of benzene rings is 1. The van der Waals surface area contributed by atoms with Crippen molar-refractivity contribution in [2.24, 2.45) is 5.73 Å². The third-order valence-electron chi connectivity index (χ3n) is 3.11. The van der Waals surface area contributed by atoms with E-state index in [4.69, 9.17) is 5.73 Å². The Morgan fingerprint density at radius 3 is 2.28 bits per heavy atom. The Kier molecular flexibility index (Phi) is 7.42. The van der Waals surface area contributed by atoms with Gasteiger partial charge in [-0.1, -0.05) is 26.2 Å². The van der Waals surface area contributed by atoms with Crippen molar-refractivity contribution in [3.05, 3.63) is 30.1 Å². The SMILES string of the molecule is CCCCCCN(CCCN)c1ccc(F)cc1. The van der Waals surface area contributed by atoms with Gasteiger partial charge in [0.05, 0.1) is 0 Å². The third kappa shape index (κ3) is 5.50. The molecule has 0 bridgehead atoms. The van der Waals surface area contributed by atoms with Crippen LogP contribution in [0.3, 0.4) is 0 Å². The van der Waals surface area contributed by atoms with E-state index in [1.54, 1.807) is 0 Å². The van der Waals surface area contributed by atoms with Crippen molar-refractivity contribution in [1.29, 1.82) is 0 Å². The third-order valence-corrected chi connectivity index (χ3v) is 3.11. The number of unbranched alkanes of at least 4 members (excludes halogenated alkanes) is 3. The largest absolute Gasteiger partial charge is 0.371 e. The zero-order valence-corrected chi connectivity index (χ0v) is 11.4. The predicted octanol–water partition coefficient (Wildman–Crippen LogP) is 3.56. The number of halogens is 1. The van der Waals surface area contributed by atoms with E-state index in [1.807, 2.05) is 12.1 Å². The Hall–Kier alpha value is -1.09. The van der Waals surface area contributed by atoms with Crippen LogP contribution in [0, 0.1) is 5.82 Å². The highest BCUT2D eigenvalue weighted by Crippen LogP contribution is 2.16. The summed E-state index contributed by atoms with van der Waals surface area (Å²) in [5, 5.41) is 0. The molecule has 0 aromatic heterocycles. The highest BCUT2D eigenvalue weighted by Gasteiger charge is 2.05. The molecule has 0 saturated heterocycles. The van der Waals surface area contributed by atoms with Crippen LogP contribution in [0.4, 0.5) is 10.1 Å². The number of hydrogen-bond acceptors (Lipinski definition) is 2. The highest BCUT2D eigenvalue weighted by molar-refractivity contribution is 5.46. The smallest absolute Gasteiger partial charge is 0.123 e. The van der Waals surface area contributed by atoms with Crippen LogP contribution in [0.25, 0.3) is 0 Å². The molecule has 0 aliphatic rings. The summed E-state index contributed by atoms with van der Waals surface area (Å²) in [6.45, 7) is 4.90. The summed E-state index contributed by atoms with van der Waals surface area (Å²) in [6.07, 6.45) is 5.96. The van der Waals surface area contributed by atoms with Crippen molar-refractivity contribution in [2.75, 3.05) is 24.5 Å². The number of anilines is 1. The maximum Gasteiger partial charge on any atom is 0.123 e. The minimum Gasteiger partial charge on any atom is -0.371 e. The van der Waals surface area contributed by atoms with Crippen LogP contribution in [0.2, 0.25) is 0 Å². The van der Waals surface area contributed by atoms with E-state index in [2.05, 4.69) is 11.8 Å². The first-order valence-corrected chi connectivity index (χ1v) is 6.98. The number of nitrogens with two attached hydrogens (primary N) is 1. The molecule has 0 saturated carbocycles. The monoisotopic (exact) mass is 252 g/mol. The van der Waals surface area contributed by atoms with Crippen LogP contribution >= 0.6 is 0 Å².